The number of amides is 2. The van der Waals surface area contributed by atoms with Gasteiger partial charge in [0.1, 0.15) is 0 Å². The molecule has 2 saturated heterocycles. The van der Waals surface area contributed by atoms with E-state index in [1.807, 2.05) is 4.90 Å². The lowest BCUT2D eigenvalue weighted by Gasteiger charge is -2.23. The van der Waals surface area contributed by atoms with Crippen molar-refractivity contribution in [3.63, 3.8) is 0 Å². The minimum absolute atomic E-state index is 0.0883. The average molecular weight is 698 g/mol. The first kappa shape index (κ1) is 35.6. The maximum absolute atomic E-state index is 13.4. The predicted molar refractivity (Wildman–Crippen MR) is 168 cm³/mol. The largest absolute Gasteiger partial charge is 0.416 e. The molecule has 1 N–H and O–H groups in total. The maximum Gasteiger partial charge on any atom is 0.416 e. The van der Waals surface area contributed by atoms with Gasteiger partial charge >= 0.3 is 18.4 Å². The van der Waals surface area contributed by atoms with Crippen LogP contribution in [-0.2, 0) is 35.5 Å². The normalized spacial score (nSPS) is 17.9. The van der Waals surface area contributed by atoms with Crippen LogP contribution in [0.15, 0.2) is 77.7 Å². The molecule has 2 amide bonds. The Hall–Kier alpha value is -3.66. The van der Waals surface area contributed by atoms with Crippen LogP contribution in [0.4, 0.5) is 36.8 Å². The summed E-state index contributed by atoms with van der Waals surface area (Å²) < 4.78 is 105. The van der Waals surface area contributed by atoms with Crippen LogP contribution in [0.2, 0.25) is 0 Å². The van der Waals surface area contributed by atoms with Crippen molar-refractivity contribution in [2.75, 3.05) is 57.7 Å². The lowest BCUT2D eigenvalue weighted by atomic mass is 10.1. The van der Waals surface area contributed by atoms with E-state index in [0.29, 0.717) is 83.0 Å². The number of benzene rings is 3. The topological polar surface area (TPSA) is 76.2 Å². The van der Waals surface area contributed by atoms with Gasteiger partial charge in [-0.05, 0) is 79.0 Å². The molecule has 0 atom stereocenters. The van der Waals surface area contributed by atoms with Gasteiger partial charge in [0.15, 0.2) is 0 Å². The van der Waals surface area contributed by atoms with E-state index in [1.165, 1.54) is 52.8 Å². The van der Waals surface area contributed by atoms with E-state index < -0.39 is 33.5 Å². The Morgan fingerprint density at radius 1 is 0.604 bits per heavy atom. The minimum Gasteiger partial charge on any atom is -0.323 e. The summed E-state index contributed by atoms with van der Waals surface area (Å²) in [6.45, 7) is 4.57. The van der Waals surface area contributed by atoms with Crippen molar-refractivity contribution >= 4 is 21.7 Å². The van der Waals surface area contributed by atoms with Crippen LogP contribution in [0.3, 0.4) is 0 Å². The molecule has 2 fully saturated rings. The number of hydrogen-bond acceptors (Lipinski definition) is 5. The zero-order valence-electron chi connectivity index (χ0n) is 26.1. The van der Waals surface area contributed by atoms with Gasteiger partial charge in [0.05, 0.1) is 16.0 Å². The number of sulfonamides is 1. The molecule has 0 aromatic heterocycles. The molecule has 8 nitrogen and oxygen atoms in total. The van der Waals surface area contributed by atoms with Crippen molar-refractivity contribution in [3.05, 3.63) is 95.1 Å². The standard InChI is InChI=1S/C33H37F6N5O3S/c34-32(35,36)27-7-3-25(4-8-27)23-41-15-1-17-43(21-19-41)31(45)40-29-11-13-30(14-12-29)48(46,47)44-18-2-16-42(20-22-44)24-26-5-9-28(10-6-26)33(37,38)39/h3-14H,1-2,15-24H2,(H,40,45). The summed E-state index contributed by atoms with van der Waals surface area (Å²) in [5, 5.41) is 2.82. The van der Waals surface area contributed by atoms with Gasteiger partial charge in [0, 0.05) is 64.6 Å². The van der Waals surface area contributed by atoms with E-state index in [-0.39, 0.29) is 17.5 Å². The lowest BCUT2D eigenvalue weighted by molar-refractivity contribution is -0.138. The number of rotatable bonds is 7. The summed E-state index contributed by atoms with van der Waals surface area (Å²) in [6, 6.07) is 15.7. The summed E-state index contributed by atoms with van der Waals surface area (Å²) in [5.41, 5.74) is 0.500. The second-order valence-corrected chi connectivity index (χ2v) is 13.9. The molecule has 0 bridgehead atoms. The van der Waals surface area contributed by atoms with Gasteiger partial charge in [-0.3, -0.25) is 9.80 Å². The van der Waals surface area contributed by atoms with Gasteiger partial charge in [-0.15, -0.1) is 0 Å². The molecule has 3 aromatic carbocycles. The highest BCUT2D eigenvalue weighted by Gasteiger charge is 2.31. The summed E-state index contributed by atoms with van der Waals surface area (Å²) in [5.74, 6) is 0. The van der Waals surface area contributed by atoms with Crippen molar-refractivity contribution in [3.8, 4) is 0 Å². The Labute approximate surface area is 276 Å². The fourth-order valence-corrected chi connectivity index (χ4v) is 7.32. The van der Waals surface area contributed by atoms with E-state index in [9.17, 15) is 39.6 Å². The van der Waals surface area contributed by atoms with Crippen LogP contribution in [0, 0.1) is 0 Å². The molecule has 260 valence electrons. The fraction of sp³-hybridized carbons (Fsp3) is 0.424. The fourth-order valence-electron chi connectivity index (χ4n) is 5.85. The highest BCUT2D eigenvalue weighted by atomic mass is 32.2. The molecule has 0 saturated carbocycles. The molecule has 3 aromatic rings. The second kappa shape index (κ2) is 14.8. The molecule has 5 rings (SSSR count). The minimum atomic E-state index is -4.40. The van der Waals surface area contributed by atoms with Gasteiger partial charge in [0.25, 0.3) is 0 Å². The molecular weight excluding hydrogens is 660 g/mol. The van der Waals surface area contributed by atoms with Gasteiger partial charge in [-0.2, -0.15) is 30.6 Å². The molecule has 15 heteroatoms. The number of nitrogens with zero attached hydrogens (tertiary/aromatic N) is 4. The molecule has 0 unspecified atom stereocenters. The molecule has 2 aliphatic rings. The molecule has 0 spiro atoms. The van der Waals surface area contributed by atoms with Gasteiger partial charge in [-0.1, -0.05) is 24.3 Å². The first-order valence-electron chi connectivity index (χ1n) is 15.6. The Bertz CT molecular complexity index is 1630. The highest BCUT2D eigenvalue weighted by molar-refractivity contribution is 7.89. The number of hydrogen-bond donors (Lipinski definition) is 1. The third-order valence-electron chi connectivity index (χ3n) is 8.54. The molecule has 2 aliphatic heterocycles. The predicted octanol–water partition coefficient (Wildman–Crippen LogP) is 6.36. The summed E-state index contributed by atoms with van der Waals surface area (Å²) in [7, 11) is -3.82. The van der Waals surface area contributed by atoms with Crippen molar-refractivity contribution < 1.29 is 39.6 Å². The van der Waals surface area contributed by atoms with E-state index >= 15 is 0 Å². The maximum atomic E-state index is 13.4. The number of urea groups is 1. The lowest BCUT2D eigenvalue weighted by Crippen LogP contribution is -2.38. The zero-order valence-corrected chi connectivity index (χ0v) is 26.9. The molecule has 2 heterocycles. The smallest absolute Gasteiger partial charge is 0.323 e. The number of halogens is 6. The SMILES string of the molecule is O=C(Nc1ccc(S(=O)(=O)N2CCCN(Cc3ccc(C(F)(F)F)cc3)CC2)cc1)N1CCCN(Cc2ccc(C(F)(F)F)cc2)CC1. The molecule has 0 aliphatic carbocycles. The zero-order chi connectivity index (χ0) is 34.5. The first-order chi connectivity index (χ1) is 22.7. The van der Waals surface area contributed by atoms with Crippen molar-refractivity contribution in [1.29, 1.82) is 0 Å². The Morgan fingerprint density at radius 2 is 1.08 bits per heavy atom. The number of carbonyl (C=O) groups excluding carboxylic acids is 1. The molecule has 0 radical (unpaired) electrons. The quantitative estimate of drug-likeness (QED) is 0.291. The Morgan fingerprint density at radius 3 is 1.58 bits per heavy atom. The average Bonchev–Trinajstić information content (AvgIpc) is 3.42. The van der Waals surface area contributed by atoms with Gasteiger partial charge in [-0.25, -0.2) is 13.2 Å². The van der Waals surface area contributed by atoms with Gasteiger partial charge < -0.3 is 10.2 Å². The summed E-state index contributed by atoms with van der Waals surface area (Å²) in [4.78, 5) is 18.9. The third-order valence-corrected chi connectivity index (χ3v) is 10.5. The molecular formula is C33H37F6N5O3S. The van der Waals surface area contributed by atoms with E-state index in [0.717, 1.165) is 29.8 Å². The monoisotopic (exact) mass is 697 g/mol. The van der Waals surface area contributed by atoms with E-state index in [2.05, 4.69) is 10.2 Å². The van der Waals surface area contributed by atoms with E-state index in [1.54, 1.807) is 4.90 Å². The number of nitrogens with one attached hydrogen (secondary N) is 1. The van der Waals surface area contributed by atoms with Crippen LogP contribution < -0.4 is 5.32 Å². The molecule has 48 heavy (non-hydrogen) atoms. The van der Waals surface area contributed by atoms with Crippen LogP contribution in [0.25, 0.3) is 0 Å². The Kier molecular flexibility index (Phi) is 11.0. The summed E-state index contributed by atoms with van der Waals surface area (Å²) in [6.07, 6.45) is -7.54. The number of carbonyl (C=O) groups is 1. The van der Waals surface area contributed by atoms with Crippen LogP contribution in [0.1, 0.15) is 35.1 Å². The number of anilines is 1. The summed E-state index contributed by atoms with van der Waals surface area (Å²) >= 11 is 0. The Balaban J connectivity index is 1.10. The number of alkyl halides is 6. The first-order valence-corrected chi connectivity index (χ1v) is 17.1. The van der Waals surface area contributed by atoms with Crippen molar-refractivity contribution in [2.45, 2.75) is 43.2 Å². The second-order valence-electron chi connectivity index (χ2n) is 12.0. The van der Waals surface area contributed by atoms with Crippen molar-refractivity contribution in [2.24, 2.45) is 0 Å². The van der Waals surface area contributed by atoms with Crippen LogP contribution in [-0.4, -0.2) is 85.8 Å². The van der Waals surface area contributed by atoms with Gasteiger partial charge in [0.2, 0.25) is 10.0 Å². The van der Waals surface area contributed by atoms with Crippen LogP contribution in [0.5, 0.6) is 0 Å². The van der Waals surface area contributed by atoms with E-state index in [4.69, 9.17) is 0 Å². The third kappa shape index (κ3) is 9.27. The highest BCUT2D eigenvalue weighted by Crippen LogP contribution is 2.30. The van der Waals surface area contributed by atoms with Crippen molar-refractivity contribution in [1.82, 2.24) is 19.0 Å². The van der Waals surface area contributed by atoms with Crippen LogP contribution >= 0.6 is 0 Å².